The van der Waals surface area contributed by atoms with Crippen LogP contribution in [0.1, 0.15) is 6.92 Å². The van der Waals surface area contributed by atoms with Gasteiger partial charge in [-0.25, -0.2) is 0 Å². The minimum atomic E-state index is -2.08. The molecule has 80 valence electrons. The molecule has 0 aliphatic carbocycles. The first-order valence-corrected chi connectivity index (χ1v) is 4.49. The molecule has 4 bridgehead atoms. The van der Waals surface area contributed by atoms with Gasteiger partial charge in [-0.2, -0.15) is 0 Å². The van der Waals surface area contributed by atoms with E-state index in [1.165, 1.54) is 6.92 Å². The average molecular weight is 216 g/mol. The summed E-state index contributed by atoms with van der Waals surface area (Å²) in [6, 6.07) is 0. The van der Waals surface area contributed by atoms with Crippen LogP contribution in [0.3, 0.4) is 0 Å². The van der Waals surface area contributed by atoms with Crippen LogP contribution in [0.5, 0.6) is 0 Å². The van der Waals surface area contributed by atoms with E-state index in [4.69, 9.17) is 27.9 Å². The first kappa shape index (κ1) is 8.90. The lowest BCUT2D eigenvalue weighted by Crippen LogP contribution is -2.71. The van der Waals surface area contributed by atoms with Crippen molar-refractivity contribution >= 4 is 14.6 Å². The van der Waals surface area contributed by atoms with Crippen LogP contribution in [0.2, 0.25) is 0 Å². The predicted molar refractivity (Wildman–Crippen MR) is 40.1 cm³/mol. The third kappa shape index (κ3) is 0.665. The summed E-state index contributed by atoms with van der Waals surface area (Å²) in [6.07, 6.45) is -1.08. The van der Waals surface area contributed by atoms with Crippen molar-refractivity contribution < 1.29 is 38.1 Å². The fraction of sp³-hybridized carbons (Fsp3) is 1.00. The van der Waals surface area contributed by atoms with E-state index >= 15 is 0 Å². The lowest BCUT2D eigenvalue weighted by atomic mass is 9.95. The van der Waals surface area contributed by atoms with E-state index in [9.17, 15) is 10.2 Å². The Labute approximate surface area is 84.3 Å². The number of aliphatic hydroxyl groups is 2. The van der Waals surface area contributed by atoms with E-state index in [0.29, 0.717) is 0 Å². The second-order valence-corrected chi connectivity index (χ2v) is 3.83. The van der Waals surface area contributed by atoms with Gasteiger partial charge in [0.15, 0.2) is 0 Å². The summed E-state index contributed by atoms with van der Waals surface area (Å²) in [5.41, 5.74) is 0. The Morgan fingerprint density at radius 2 is 1.53 bits per heavy atom. The Morgan fingerprint density at radius 3 is 1.93 bits per heavy atom. The van der Waals surface area contributed by atoms with Gasteiger partial charge in [-0.05, 0) is 6.92 Å². The van der Waals surface area contributed by atoms with Gasteiger partial charge < -0.3 is 38.1 Å². The molecular weight excluding hydrogens is 210 g/mol. The molecule has 6 rings (SSSR count). The monoisotopic (exact) mass is 216 g/mol. The molecule has 2 N–H and O–H groups in total. The summed E-state index contributed by atoms with van der Waals surface area (Å²) in [6.45, 7) is 1.43. The number of aliphatic hydroxyl groups excluding tert-OH is 1. The van der Waals surface area contributed by atoms with Gasteiger partial charge in [0.05, 0.1) is 0 Å². The molecule has 8 nitrogen and oxygen atoms in total. The standard InChI is InChI=1S/C5H6B2O8/c1-2(8)3-4(12-6(10-3)11-3)5(9)14-7(13-4)15-5/h2,8-9H,1H3. The lowest BCUT2D eigenvalue weighted by molar-refractivity contribution is -0.434. The molecule has 0 aromatic rings. The molecule has 6 fully saturated rings. The van der Waals surface area contributed by atoms with E-state index in [0.717, 1.165) is 0 Å². The zero-order chi connectivity index (χ0) is 10.5. The normalized spacial score (nSPS) is 57.0. The van der Waals surface area contributed by atoms with Crippen LogP contribution in [0.25, 0.3) is 0 Å². The summed E-state index contributed by atoms with van der Waals surface area (Å²) >= 11 is 0. The van der Waals surface area contributed by atoms with Crippen molar-refractivity contribution in [1.82, 2.24) is 0 Å². The van der Waals surface area contributed by atoms with Gasteiger partial charge in [-0.15, -0.1) is 0 Å². The number of rotatable bonds is 1. The summed E-state index contributed by atoms with van der Waals surface area (Å²) in [4.78, 5) is 0. The topological polar surface area (TPSA) is 95.8 Å². The molecule has 0 radical (unpaired) electrons. The highest BCUT2D eigenvalue weighted by molar-refractivity contribution is 6.44. The second kappa shape index (κ2) is 2.11. The van der Waals surface area contributed by atoms with Crippen LogP contribution in [-0.4, -0.2) is 48.5 Å². The van der Waals surface area contributed by atoms with Crippen LogP contribution in [0, 0.1) is 0 Å². The van der Waals surface area contributed by atoms with Crippen molar-refractivity contribution in [2.45, 2.75) is 30.6 Å². The molecule has 2 unspecified atom stereocenters. The van der Waals surface area contributed by atoms with Crippen molar-refractivity contribution in [2.75, 3.05) is 0 Å². The zero-order valence-electron chi connectivity index (χ0n) is 7.58. The Balaban J connectivity index is 1.83. The molecule has 6 aliphatic rings. The molecular formula is C5H6B2O8. The van der Waals surface area contributed by atoms with Crippen LogP contribution in [0.4, 0.5) is 0 Å². The van der Waals surface area contributed by atoms with Crippen LogP contribution in [-0.2, 0) is 27.9 Å². The predicted octanol–water partition coefficient (Wildman–Crippen LogP) is -2.47. The van der Waals surface area contributed by atoms with E-state index in [-0.39, 0.29) is 0 Å². The largest absolute Gasteiger partial charge is 0.649 e. The highest BCUT2D eigenvalue weighted by atomic mass is 17.1. The smallest absolute Gasteiger partial charge is 0.388 e. The van der Waals surface area contributed by atoms with E-state index < -0.39 is 38.3 Å². The van der Waals surface area contributed by atoms with Crippen LogP contribution < -0.4 is 0 Å². The Hall–Kier alpha value is -0.190. The molecule has 2 atom stereocenters. The molecule has 6 heterocycles. The van der Waals surface area contributed by atoms with Gasteiger partial charge >= 0.3 is 20.6 Å². The molecule has 0 aromatic carbocycles. The van der Waals surface area contributed by atoms with Gasteiger partial charge in [0, 0.05) is 0 Å². The second-order valence-electron chi connectivity index (χ2n) is 3.83. The highest BCUT2D eigenvalue weighted by Crippen LogP contribution is 2.63. The Bertz CT molecular complexity index is 332. The van der Waals surface area contributed by atoms with E-state index in [2.05, 4.69) is 0 Å². The maximum Gasteiger partial charge on any atom is 0.649 e. The first-order valence-electron chi connectivity index (χ1n) is 4.49. The van der Waals surface area contributed by atoms with Gasteiger partial charge in [-0.1, -0.05) is 0 Å². The van der Waals surface area contributed by atoms with Gasteiger partial charge in [0.25, 0.3) is 5.79 Å². The lowest BCUT2D eigenvalue weighted by Gasteiger charge is -2.45. The van der Waals surface area contributed by atoms with Crippen molar-refractivity contribution in [3.05, 3.63) is 0 Å². The minimum absolute atomic E-state index is 0.977. The van der Waals surface area contributed by atoms with E-state index in [1.54, 1.807) is 0 Å². The zero-order valence-corrected chi connectivity index (χ0v) is 7.58. The summed E-state index contributed by atoms with van der Waals surface area (Å²) in [7, 11) is -1.99. The molecule has 1 spiro atoms. The maximum absolute atomic E-state index is 9.86. The molecule has 0 aromatic heterocycles. The summed E-state index contributed by atoms with van der Waals surface area (Å²) < 4.78 is 30.4. The molecule has 10 heteroatoms. The highest BCUT2D eigenvalue weighted by Gasteiger charge is 2.93. The van der Waals surface area contributed by atoms with Crippen molar-refractivity contribution in [3.63, 3.8) is 0 Å². The quantitative estimate of drug-likeness (QED) is 0.465. The van der Waals surface area contributed by atoms with E-state index in [1.807, 2.05) is 0 Å². The van der Waals surface area contributed by atoms with Crippen LogP contribution in [0.15, 0.2) is 0 Å². The van der Waals surface area contributed by atoms with Crippen LogP contribution >= 0.6 is 0 Å². The van der Waals surface area contributed by atoms with Crippen molar-refractivity contribution in [1.29, 1.82) is 0 Å². The molecule has 6 aliphatic heterocycles. The summed E-state index contributed by atoms with van der Waals surface area (Å²) in [5, 5.41) is 19.4. The summed E-state index contributed by atoms with van der Waals surface area (Å²) in [5.74, 6) is -5.46. The van der Waals surface area contributed by atoms with Crippen molar-refractivity contribution in [2.24, 2.45) is 0 Å². The minimum Gasteiger partial charge on any atom is -0.388 e. The van der Waals surface area contributed by atoms with Gasteiger partial charge in [-0.3, -0.25) is 0 Å². The number of hydrogen-bond acceptors (Lipinski definition) is 8. The molecule has 0 saturated carbocycles. The molecule has 0 amide bonds. The fourth-order valence-corrected chi connectivity index (χ4v) is 2.28. The number of hydrogen-bond donors (Lipinski definition) is 2. The third-order valence-corrected chi connectivity index (χ3v) is 3.00. The maximum atomic E-state index is 9.86. The SMILES string of the molecule is CC(O)C12OB(O1)OC21OB2OC1(O)O2. The Morgan fingerprint density at radius 1 is 1.00 bits per heavy atom. The molecule has 6 saturated heterocycles. The fourth-order valence-electron chi connectivity index (χ4n) is 2.28. The first-order chi connectivity index (χ1) is 7.01. The molecule has 15 heavy (non-hydrogen) atoms. The average Bonchev–Trinajstić information content (AvgIpc) is 2.64. The van der Waals surface area contributed by atoms with Crippen molar-refractivity contribution in [3.8, 4) is 0 Å². The van der Waals surface area contributed by atoms with Gasteiger partial charge in [0.1, 0.15) is 6.10 Å². The third-order valence-electron chi connectivity index (χ3n) is 3.00. The Kier molecular flexibility index (Phi) is 1.25. The van der Waals surface area contributed by atoms with Gasteiger partial charge in [0.2, 0.25) is 5.79 Å².